The molecule has 0 heterocycles. The molecule has 0 aromatic heterocycles. The van der Waals surface area contributed by atoms with E-state index in [0.29, 0.717) is 4.90 Å². The molecule has 0 saturated heterocycles. The van der Waals surface area contributed by atoms with E-state index >= 15 is 0 Å². The van der Waals surface area contributed by atoms with Gasteiger partial charge in [-0.25, -0.2) is 4.79 Å². The molecule has 6 nitrogen and oxygen atoms in total. The number of carboxylic acid groups (broad SMARTS) is 1. The number of carbonyl (C=O) groups excluding carboxylic acids is 1. The first-order valence-corrected chi connectivity index (χ1v) is 9.45. The summed E-state index contributed by atoms with van der Waals surface area (Å²) in [6, 6.07) is 17.1. The highest BCUT2D eigenvalue weighted by Crippen LogP contribution is 2.08. The summed E-state index contributed by atoms with van der Waals surface area (Å²) in [7, 11) is -1.31. The average Bonchev–Trinajstić information content (AvgIpc) is 2.66. The third-order valence-corrected chi connectivity index (χ3v) is 4.98. The van der Waals surface area contributed by atoms with Crippen molar-refractivity contribution in [1.29, 1.82) is 0 Å². The summed E-state index contributed by atoms with van der Waals surface area (Å²) in [6.45, 7) is 0.0322. The molecule has 2 N–H and O–H groups in total. The van der Waals surface area contributed by atoms with E-state index in [1.165, 1.54) is 0 Å². The van der Waals surface area contributed by atoms with E-state index < -0.39 is 28.7 Å². The van der Waals surface area contributed by atoms with Crippen LogP contribution >= 0.6 is 0 Å². The van der Waals surface area contributed by atoms with Gasteiger partial charge in [-0.2, -0.15) is 0 Å². The lowest BCUT2D eigenvalue weighted by Crippen LogP contribution is -2.43. The van der Waals surface area contributed by atoms with Crippen molar-refractivity contribution >= 4 is 22.7 Å². The summed E-state index contributed by atoms with van der Waals surface area (Å²) < 4.78 is 17.5. The minimum Gasteiger partial charge on any atom is -0.480 e. The fraction of sp³-hybridized carbons (Fsp3) is 0.263. The number of hydrogen-bond acceptors (Lipinski definition) is 4. The van der Waals surface area contributed by atoms with Crippen molar-refractivity contribution in [2.24, 2.45) is 0 Å². The van der Waals surface area contributed by atoms with Gasteiger partial charge in [-0.15, -0.1) is 0 Å². The summed E-state index contributed by atoms with van der Waals surface area (Å²) in [6.07, 6.45) is 0.0707. The lowest BCUT2D eigenvalue weighted by Gasteiger charge is -2.14. The second-order valence-corrected chi connectivity index (χ2v) is 7.16. The molecule has 2 atom stereocenters. The third kappa shape index (κ3) is 6.78. The molecule has 0 saturated carbocycles. The second-order valence-electron chi connectivity index (χ2n) is 5.59. The van der Waals surface area contributed by atoms with Crippen LogP contribution < -0.4 is 5.32 Å². The zero-order chi connectivity index (χ0) is 18.8. The van der Waals surface area contributed by atoms with Gasteiger partial charge in [0.05, 0.1) is 17.4 Å². The van der Waals surface area contributed by atoms with Crippen LogP contribution in [0.25, 0.3) is 0 Å². The van der Waals surface area contributed by atoms with E-state index in [-0.39, 0.29) is 25.4 Å². The first-order chi connectivity index (χ1) is 12.6. The Morgan fingerprint density at radius 1 is 1.04 bits per heavy atom. The van der Waals surface area contributed by atoms with Gasteiger partial charge in [0.15, 0.2) is 0 Å². The number of carboxylic acids is 1. The summed E-state index contributed by atoms with van der Waals surface area (Å²) in [5.41, 5.74) is 0.924. The largest absolute Gasteiger partial charge is 0.480 e. The number of amides is 1. The summed E-state index contributed by atoms with van der Waals surface area (Å²) >= 11 is 0. The fourth-order valence-corrected chi connectivity index (χ4v) is 3.39. The number of ether oxygens (including phenoxy) is 1. The maximum Gasteiger partial charge on any atom is 0.326 e. The quantitative estimate of drug-likeness (QED) is 0.662. The zero-order valence-electron chi connectivity index (χ0n) is 14.2. The SMILES string of the molecule is O=C(COCc1ccccc1)N[C@@H](CC[S@@](=O)c1ccccc1)C(=O)O. The van der Waals surface area contributed by atoms with Crippen LogP contribution in [0, 0.1) is 0 Å². The monoisotopic (exact) mass is 375 g/mol. The number of hydrogen-bond donors (Lipinski definition) is 2. The highest BCUT2D eigenvalue weighted by Gasteiger charge is 2.21. The number of aliphatic carboxylic acids is 1. The Balaban J connectivity index is 1.77. The van der Waals surface area contributed by atoms with E-state index in [1.54, 1.807) is 24.3 Å². The molecule has 0 unspecified atom stereocenters. The lowest BCUT2D eigenvalue weighted by molar-refractivity contribution is -0.142. The zero-order valence-corrected chi connectivity index (χ0v) is 15.0. The Bertz CT molecular complexity index is 736. The summed E-state index contributed by atoms with van der Waals surface area (Å²) in [4.78, 5) is 23.8. The molecule has 2 rings (SSSR count). The first-order valence-electron chi connectivity index (χ1n) is 8.13. The van der Waals surface area contributed by atoms with Gasteiger partial charge in [-0.1, -0.05) is 48.5 Å². The van der Waals surface area contributed by atoms with Gasteiger partial charge in [0.2, 0.25) is 5.91 Å². The van der Waals surface area contributed by atoms with Crippen molar-refractivity contribution in [1.82, 2.24) is 5.32 Å². The van der Waals surface area contributed by atoms with Crippen molar-refractivity contribution in [2.45, 2.75) is 24.0 Å². The minimum atomic E-state index is -1.31. The van der Waals surface area contributed by atoms with E-state index in [2.05, 4.69) is 5.32 Å². The molecule has 1 amide bonds. The van der Waals surface area contributed by atoms with Crippen LogP contribution in [0.15, 0.2) is 65.6 Å². The Morgan fingerprint density at radius 3 is 2.27 bits per heavy atom. The van der Waals surface area contributed by atoms with Gasteiger partial charge in [-0.3, -0.25) is 9.00 Å². The number of carbonyl (C=O) groups is 2. The van der Waals surface area contributed by atoms with Crippen molar-refractivity contribution in [3.63, 3.8) is 0 Å². The van der Waals surface area contributed by atoms with Gasteiger partial charge in [0.1, 0.15) is 12.6 Å². The van der Waals surface area contributed by atoms with Crippen LogP contribution in [-0.4, -0.2) is 39.6 Å². The molecule has 26 heavy (non-hydrogen) atoms. The lowest BCUT2D eigenvalue weighted by atomic mass is 10.2. The maximum atomic E-state index is 12.2. The molecule has 0 aliphatic rings. The molecule has 0 aliphatic heterocycles. The average molecular weight is 375 g/mol. The van der Waals surface area contributed by atoms with Crippen molar-refractivity contribution in [2.75, 3.05) is 12.4 Å². The molecule has 138 valence electrons. The van der Waals surface area contributed by atoms with Crippen LogP contribution in [0.1, 0.15) is 12.0 Å². The first kappa shape index (κ1) is 19.8. The second kappa shape index (κ2) is 10.5. The Morgan fingerprint density at radius 2 is 1.65 bits per heavy atom. The van der Waals surface area contributed by atoms with Crippen molar-refractivity contribution in [3.05, 3.63) is 66.2 Å². The highest BCUT2D eigenvalue weighted by atomic mass is 32.2. The van der Waals surface area contributed by atoms with E-state index in [0.717, 1.165) is 5.56 Å². The van der Waals surface area contributed by atoms with Crippen LogP contribution in [0.4, 0.5) is 0 Å². The van der Waals surface area contributed by atoms with Crippen molar-refractivity contribution in [3.8, 4) is 0 Å². The minimum absolute atomic E-state index is 0.0707. The van der Waals surface area contributed by atoms with Gasteiger partial charge in [0.25, 0.3) is 0 Å². The predicted octanol–water partition coefficient (Wildman–Crippen LogP) is 1.97. The Kier molecular flexibility index (Phi) is 7.98. The number of rotatable bonds is 10. The van der Waals surface area contributed by atoms with Crippen LogP contribution in [0.2, 0.25) is 0 Å². The van der Waals surface area contributed by atoms with Gasteiger partial charge < -0.3 is 15.2 Å². The maximum absolute atomic E-state index is 12.2. The van der Waals surface area contributed by atoms with E-state index in [9.17, 15) is 18.9 Å². The molecule has 0 aliphatic carbocycles. The third-order valence-electron chi connectivity index (χ3n) is 3.58. The summed E-state index contributed by atoms with van der Waals surface area (Å²) in [5, 5.41) is 11.7. The van der Waals surface area contributed by atoms with Gasteiger partial charge in [0, 0.05) is 10.6 Å². The Hall–Kier alpha value is -2.51. The van der Waals surface area contributed by atoms with E-state index in [4.69, 9.17) is 4.74 Å². The number of benzene rings is 2. The Labute approximate surface area is 154 Å². The molecule has 2 aromatic rings. The molecule has 0 fully saturated rings. The predicted molar refractivity (Wildman–Crippen MR) is 98.0 cm³/mol. The van der Waals surface area contributed by atoms with Crippen molar-refractivity contribution < 1.29 is 23.6 Å². The van der Waals surface area contributed by atoms with Crippen LogP contribution in [-0.2, 0) is 31.7 Å². The smallest absolute Gasteiger partial charge is 0.326 e. The topological polar surface area (TPSA) is 92.7 Å². The van der Waals surface area contributed by atoms with Gasteiger partial charge >= 0.3 is 5.97 Å². The normalized spacial score (nSPS) is 12.9. The molecule has 0 bridgehead atoms. The standard InChI is InChI=1S/C19H21NO5S/c21-18(14-25-13-15-7-3-1-4-8-15)20-17(19(22)23)11-12-26(24)16-9-5-2-6-10-16/h1-10,17H,11-14H2,(H,20,21)(H,22,23)/t17-,26+/m0/s1. The fourth-order valence-electron chi connectivity index (χ4n) is 2.24. The molecule has 2 aromatic carbocycles. The molecular weight excluding hydrogens is 354 g/mol. The van der Waals surface area contributed by atoms with Gasteiger partial charge in [-0.05, 0) is 24.1 Å². The molecular formula is C19H21NO5S. The van der Waals surface area contributed by atoms with Crippen LogP contribution in [0.3, 0.4) is 0 Å². The molecule has 0 radical (unpaired) electrons. The molecule has 7 heteroatoms. The van der Waals surface area contributed by atoms with E-state index in [1.807, 2.05) is 36.4 Å². The molecule has 0 spiro atoms. The number of nitrogens with one attached hydrogen (secondary N) is 1. The van der Waals surface area contributed by atoms with Crippen LogP contribution in [0.5, 0.6) is 0 Å². The summed E-state index contributed by atoms with van der Waals surface area (Å²) in [5.74, 6) is -1.53. The highest BCUT2D eigenvalue weighted by molar-refractivity contribution is 7.85.